The standard InChI is InChI=1S/C19H21NO2/c1-3-22-18-11-9-15(12-13(18)2)19(21)20-17-10-8-14-6-4-5-7-16(14)17/h4-7,9,11-12,17H,3,8,10H2,1-2H3,(H,20,21)/t17-/m1/s1. The van der Waals surface area contributed by atoms with Crippen molar-refractivity contribution in [1.29, 1.82) is 0 Å². The van der Waals surface area contributed by atoms with Crippen LogP contribution in [0.5, 0.6) is 5.75 Å². The van der Waals surface area contributed by atoms with Gasteiger partial charge >= 0.3 is 0 Å². The number of fused-ring (bicyclic) bond motifs is 1. The molecule has 1 N–H and O–H groups in total. The summed E-state index contributed by atoms with van der Waals surface area (Å²) in [5, 5.41) is 3.15. The Hall–Kier alpha value is -2.29. The van der Waals surface area contributed by atoms with Gasteiger partial charge in [-0.2, -0.15) is 0 Å². The molecule has 1 aliphatic rings. The van der Waals surface area contributed by atoms with Crippen LogP contribution in [0.2, 0.25) is 0 Å². The average molecular weight is 295 g/mol. The molecule has 0 unspecified atom stereocenters. The second-order valence-corrected chi connectivity index (χ2v) is 5.68. The second kappa shape index (κ2) is 6.22. The summed E-state index contributed by atoms with van der Waals surface area (Å²) >= 11 is 0. The molecule has 0 aliphatic heterocycles. The maximum atomic E-state index is 12.5. The lowest BCUT2D eigenvalue weighted by atomic mass is 10.1. The average Bonchev–Trinajstić information content (AvgIpc) is 2.93. The van der Waals surface area contributed by atoms with E-state index in [9.17, 15) is 4.79 Å². The number of carbonyl (C=O) groups excluding carboxylic acids is 1. The van der Waals surface area contributed by atoms with E-state index < -0.39 is 0 Å². The van der Waals surface area contributed by atoms with Crippen molar-refractivity contribution in [3.63, 3.8) is 0 Å². The predicted octanol–water partition coefficient (Wildman–Crippen LogP) is 3.81. The van der Waals surface area contributed by atoms with Gasteiger partial charge in [-0.1, -0.05) is 24.3 Å². The van der Waals surface area contributed by atoms with Crippen molar-refractivity contribution in [3.8, 4) is 5.75 Å². The van der Waals surface area contributed by atoms with E-state index in [1.54, 1.807) is 0 Å². The summed E-state index contributed by atoms with van der Waals surface area (Å²) in [7, 11) is 0. The van der Waals surface area contributed by atoms with Gasteiger partial charge in [0, 0.05) is 5.56 Å². The molecule has 1 atom stereocenters. The highest BCUT2D eigenvalue weighted by molar-refractivity contribution is 5.95. The minimum atomic E-state index is -0.0205. The van der Waals surface area contributed by atoms with Gasteiger partial charge in [0.25, 0.3) is 5.91 Å². The molecular weight excluding hydrogens is 274 g/mol. The molecule has 1 amide bonds. The first-order chi connectivity index (χ1) is 10.7. The third-order valence-electron chi connectivity index (χ3n) is 4.18. The third kappa shape index (κ3) is 2.84. The summed E-state index contributed by atoms with van der Waals surface area (Å²) < 4.78 is 5.52. The number of rotatable bonds is 4. The van der Waals surface area contributed by atoms with Crippen molar-refractivity contribution in [2.24, 2.45) is 0 Å². The number of ether oxygens (including phenoxy) is 1. The Morgan fingerprint density at radius 3 is 2.86 bits per heavy atom. The molecule has 2 aromatic carbocycles. The van der Waals surface area contributed by atoms with Crippen LogP contribution >= 0.6 is 0 Å². The van der Waals surface area contributed by atoms with Gasteiger partial charge in [0.15, 0.2) is 0 Å². The van der Waals surface area contributed by atoms with Crippen LogP contribution in [-0.2, 0) is 6.42 Å². The van der Waals surface area contributed by atoms with Crippen LogP contribution in [-0.4, -0.2) is 12.5 Å². The fraction of sp³-hybridized carbons (Fsp3) is 0.316. The van der Waals surface area contributed by atoms with Crippen LogP contribution in [0.3, 0.4) is 0 Å². The van der Waals surface area contributed by atoms with E-state index in [0.717, 1.165) is 24.2 Å². The Morgan fingerprint density at radius 2 is 2.09 bits per heavy atom. The zero-order valence-electron chi connectivity index (χ0n) is 13.1. The highest BCUT2D eigenvalue weighted by atomic mass is 16.5. The van der Waals surface area contributed by atoms with E-state index in [1.165, 1.54) is 11.1 Å². The summed E-state index contributed by atoms with van der Waals surface area (Å²) in [6.45, 7) is 4.55. The normalized spacial score (nSPS) is 16.2. The quantitative estimate of drug-likeness (QED) is 0.931. The van der Waals surface area contributed by atoms with Crippen LogP contribution in [0, 0.1) is 6.92 Å². The van der Waals surface area contributed by atoms with E-state index in [2.05, 4.69) is 23.5 Å². The molecule has 2 aromatic rings. The monoisotopic (exact) mass is 295 g/mol. The number of carbonyl (C=O) groups is 1. The number of nitrogens with one attached hydrogen (secondary N) is 1. The number of hydrogen-bond donors (Lipinski definition) is 1. The van der Waals surface area contributed by atoms with Gasteiger partial charge in [-0.3, -0.25) is 4.79 Å². The summed E-state index contributed by atoms with van der Waals surface area (Å²) in [6.07, 6.45) is 2.00. The number of benzene rings is 2. The largest absolute Gasteiger partial charge is 0.494 e. The fourth-order valence-electron chi connectivity index (χ4n) is 3.06. The molecule has 0 aromatic heterocycles. The van der Waals surface area contributed by atoms with E-state index in [4.69, 9.17) is 4.74 Å². The van der Waals surface area contributed by atoms with Crippen LogP contribution < -0.4 is 10.1 Å². The smallest absolute Gasteiger partial charge is 0.251 e. The van der Waals surface area contributed by atoms with E-state index in [-0.39, 0.29) is 11.9 Å². The Labute approximate surface area is 131 Å². The van der Waals surface area contributed by atoms with Crippen molar-refractivity contribution >= 4 is 5.91 Å². The Bertz CT molecular complexity index is 694. The Balaban J connectivity index is 1.74. The van der Waals surface area contributed by atoms with Gasteiger partial charge in [-0.15, -0.1) is 0 Å². The first kappa shape index (κ1) is 14.6. The van der Waals surface area contributed by atoms with E-state index in [0.29, 0.717) is 12.2 Å². The van der Waals surface area contributed by atoms with E-state index in [1.807, 2.05) is 38.1 Å². The zero-order chi connectivity index (χ0) is 15.5. The molecule has 0 spiro atoms. The van der Waals surface area contributed by atoms with Gasteiger partial charge in [0.1, 0.15) is 5.75 Å². The van der Waals surface area contributed by atoms with Gasteiger partial charge < -0.3 is 10.1 Å². The van der Waals surface area contributed by atoms with Gasteiger partial charge in [0.05, 0.1) is 12.6 Å². The minimum absolute atomic E-state index is 0.0205. The Kier molecular flexibility index (Phi) is 4.14. The highest BCUT2D eigenvalue weighted by Gasteiger charge is 2.23. The Morgan fingerprint density at radius 1 is 1.27 bits per heavy atom. The number of amides is 1. The molecule has 0 heterocycles. The van der Waals surface area contributed by atoms with Crippen molar-refractivity contribution < 1.29 is 9.53 Å². The lowest BCUT2D eigenvalue weighted by molar-refractivity contribution is 0.0936. The molecule has 0 saturated heterocycles. The lowest BCUT2D eigenvalue weighted by Gasteiger charge is -2.15. The van der Waals surface area contributed by atoms with Crippen molar-refractivity contribution in [2.75, 3.05) is 6.61 Å². The molecule has 0 fully saturated rings. The minimum Gasteiger partial charge on any atom is -0.494 e. The molecule has 1 aliphatic carbocycles. The molecule has 114 valence electrons. The molecule has 0 bridgehead atoms. The highest BCUT2D eigenvalue weighted by Crippen LogP contribution is 2.31. The van der Waals surface area contributed by atoms with Crippen LogP contribution in [0.1, 0.15) is 46.4 Å². The topological polar surface area (TPSA) is 38.3 Å². The molecule has 3 nitrogen and oxygen atoms in total. The maximum Gasteiger partial charge on any atom is 0.251 e. The van der Waals surface area contributed by atoms with Crippen LogP contribution in [0.25, 0.3) is 0 Å². The summed E-state index contributed by atoms with van der Waals surface area (Å²) in [4.78, 5) is 12.5. The number of hydrogen-bond acceptors (Lipinski definition) is 2. The molecule has 22 heavy (non-hydrogen) atoms. The third-order valence-corrected chi connectivity index (χ3v) is 4.18. The van der Waals surface area contributed by atoms with Gasteiger partial charge in [-0.05, 0) is 61.6 Å². The molecular formula is C19H21NO2. The zero-order valence-corrected chi connectivity index (χ0v) is 13.1. The SMILES string of the molecule is CCOc1ccc(C(=O)N[C@@H]2CCc3ccccc32)cc1C. The first-order valence-electron chi connectivity index (χ1n) is 7.81. The fourth-order valence-corrected chi connectivity index (χ4v) is 3.06. The summed E-state index contributed by atoms with van der Waals surface area (Å²) in [6, 6.07) is 14.0. The lowest BCUT2D eigenvalue weighted by Crippen LogP contribution is -2.27. The van der Waals surface area contributed by atoms with E-state index >= 15 is 0 Å². The first-order valence-corrected chi connectivity index (χ1v) is 7.81. The summed E-state index contributed by atoms with van der Waals surface area (Å²) in [5.41, 5.74) is 4.26. The molecule has 0 saturated carbocycles. The second-order valence-electron chi connectivity index (χ2n) is 5.68. The summed E-state index contributed by atoms with van der Waals surface area (Å²) in [5.74, 6) is 0.818. The van der Waals surface area contributed by atoms with Crippen molar-refractivity contribution in [2.45, 2.75) is 32.7 Å². The van der Waals surface area contributed by atoms with Gasteiger partial charge in [0.2, 0.25) is 0 Å². The number of aryl methyl sites for hydroxylation is 2. The predicted molar refractivity (Wildman–Crippen MR) is 87.3 cm³/mol. The maximum absolute atomic E-state index is 12.5. The van der Waals surface area contributed by atoms with Crippen LogP contribution in [0.4, 0.5) is 0 Å². The molecule has 3 heteroatoms. The van der Waals surface area contributed by atoms with Crippen molar-refractivity contribution in [1.82, 2.24) is 5.32 Å². The van der Waals surface area contributed by atoms with Crippen LogP contribution in [0.15, 0.2) is 42.5 Å². The van der Waals surface area contributed by atoms with Crippen molar-refractivity contribution in [3.05, 3.63) is 64.7 Å². The molecule has 0 radical (unpaired) electrons. The van der Waals surface area contributed by atoms with Gasteiger partial charge in [-0.25, -0.2) is 0 Å². The molecule has 3 rings (SSSR count).